The van der Waals surface area contributed by atoms with Crippen LogP contribution in [0.25, 0.3) is 0 Å². The molecule has 1 aromatic heterocycles. The predicted octanol–water partition coefficient (Wildman–Crippen LogP) is 4.81. The summed E-state index contributed by atoms with van der Waals surface area (Å²) in [5, 5.41) is 15.7. The molecule has 4 rings (SSSR count). The van der Waals surface area contributed by atoms with Gasteiger partial charge in [-0.3, -0.25) is 9.59 Å². The molecule has 2 aliphatic rings. The Morgan fingerprint density at radius 1 is 1.22 bits per heavy atom. The Hall–Kier alpha value is -2.99. The van der Waals surface area contributed by atoms with Gasteiger partial charge in [0.1, 0.15) is 11.5 Å². The second kappa shape index (κ2) is 10.1. The van der Waals surface area contributed by atoms with E-state index in [1.54, 1.807) is 0 Å². The number of halogens is 5. The summed E-state index contributed by atoms with van der Waals surface area (Å²) in [6.45, 7) is 2.60. The van der Waals surface area contributed by atoms with Crippen molar-refractivity contribution < 1.29 is 32.0 Å². The van der Waals surface area contributed by atoms with E-state index in [-0.39, 0.29) is 35.6 Å². The number of benzene rings is 1. The number of amides is 2. The summed E-state index contributed by atoms with van der Waals surface area (Å²) in [7, 11) is 0. The molecule has 1 aromatic carbocycles. The van der Waals surface area contributed by atoms with Gasteiger partial charge in [-0.2, -0.15) is 13.2 Å². The highest BCUT2D eigenvalue weighted by atomic mass is 35.5. The lowest BCUT2D eigenvalue weighted by atomic mass is 9.86. The van der Waals surface area contributed by atoms with Gasteiger partial charge in [0.15, 0.2) is 0 Å². The highest BCUT2D eigenvalue weighted by Gasteiger charge is 2.62. The number of aryl methyl sites for hydroxylation is 1. The van der Waals surface area contributed by atoms with E-state index in [9.17, 15) is 27.2 Å². The average molecular weight is 559 g/mol. The quantitative estimate of drug-likeness (QED) is 0.336. The second-order valence-electron chi connectivity index (χ2n) is 9.03. The van der Waals surface area contributed by atoms with E-state index in [0.717, 1.165) is 41.0 Å². The molecule has 3 N–H and O–H groups in total. The summed E-state index contributed by atoms with van der Waals surface area (Å²) >= 11 is 6.86. The van der Waals surface area contributed by atoms with E-state index in [2.05, 4.69) is 15.8 Å². The Morgan fingerprint density at radius 2 is 1.92 bits per heavy atom. The van der Waals surface area contributed by atoms with Crippen molar-refractivity contribution in [1.29, 1.82) is 5.41 Å². The molecule has 37 heavy (non-hydrogen) atoms. The number of fused-ring (bicyclic) bond motifs is 1. The SMILES string of the molecule is CC(=N)CNC(=O)CNC(=O)c1sc(C2=NOC(c3cc(C)c(F)c(Cl)c3)(C(F)(F)F)C2)c2c1CCC2. The van der Waals surface area contributed by atoms with Gasteiger partial charge in [0, 0.05) is 11.3 Å². The van der Waals surface area contributed by atoms with Crippen molar-refractivity contribution in [3.63, 3.8) is 0 Å². The molecule has 1 aliphatic carbocycles. The second-order valence-corrected chi connectivity index (χ2v) is 10.5. The van der Waals surface area contributed by atoms with Crippen LogP contribution in [0.4, 0.5) is 17.6 Å². The standard InChI is InChI=1S/C24H23ClF4N4O3S/c1-11-6-13(7-16(25)19(11)26)23(24(27,28)29)8-17(33-36-23)20-14-4-3-5-15(14)21(37-20)22(35)32-10-18(34)31-9-12(2)30/h6-7,30H,3-5,8-10H2,1-2H3,(H,31,34)(H,32,35). The molecule has 0 saturated heterocycles. The number of thiophene rings is 1. The van der Waals surface area contributed by atoms with Crippen LogP contribution >= 0.6 is 22.9 Å². The van der Waals surface area contributed by atoms with Gasteiger partial charge in [0.25, 0.3) is 11.5 Å². The van der Waals surface area contributed by atoms with Gasteiger partial charge in [-0.15, -0.1) is 11.3 Å². The smallest absolute Gasteiger partial charge is 0.374 e. The number of hydrogen-bond acceptors (Lipinski definition) is 6. The number of carbonyl (C=O) groups excluding carboxylic acids is 2. The van der Waals surface area contributed by atoms with Crippen molar-refractivity contribution in [2.75, 3.05) is 13.1 Å². The van der Waals surface area contributed by atoms with Crippen LogP contribution < -0.4 is 10.6 Å². The summed E-state index contributed by atoms with van der Waals surface area (Å²) < 4.78 is 57.2. The molecule has 2 amide bonds. The van der Waals surface area contributed by atoms with Gasteiger partial charge >= 0.3 is 6.18 Å². The molecule has 0 saturated carbocycles. The van der Waals surface area contributed by atoms with E-state index >= 15 is 0 Å². The van der Waals surface area contributed by atoms with E-state index in [4.69, 9.17) is 21.8 Å². The van der Waals surface area contributed by atoms with Crippen molar-refractivity contribution in [3.8, 4) is 0 Å². The van der Waals surface area contributed by atoms with Crippen molar-refractivity contribution >= 4 is 46.2 Å². The number of carbonyl (C=O) groups is 2. The molecule has 7 nitrogen and oxygen atoms in total. The van der Waals surface area contributed by atoms with Crippen molar-refractivity contribution in [2.24, 2.45) is 5.16 Å². The van der Waals surface area contributed by atoms with Gasteiger partial charge in [-0.1, -0.05) is 16.8 Å². The first-order chi connectivity index (χ1) is 17.3. The number of alkyl halides is 3. The first-order valence-corrected chi connectivity index (χ1v) is 12.5. The third-order valence-corrected chi connectivity index (χ3v) is 7.86. The zero-order valence-corrected chi connectivity index (χ0v) is 21.4. The van der Waals surface area contributed by atoms with Crippen molar-refractivity contribution in [3.05, 3.63) is 55.0 Å². The maximum atomic E-state index is 14.4. The maximum absolute atomic E-state index is 14.4. The monoisotopic (exact) mass is 558 g/mol. The molecule has 198 valence electrons. The minimum absolute atomic E-state index is 0.0387. The van der Waals surface area contributed by atoms with Crippen LogP contribution in [0.1, 0.15) is 56.6 Å². The highest BCUT2D eigenvalue weighted by molar-refractivity contribution is 7.16. The Bertz CT molecular complexity index is 1300. The zero-order chi connectivity index (χ0) is 27.1. The van der Waals surface area contributed by atoms with Crippen molar-refractivity contribution in [1.82, 2.24) is 10.6 Å². The maximum Gasteiger partial charge on any atom is 0.435 e. The fraction of sp³-hybridized carbons (Fsp3) is 0.417. The van der Waals surface area contributed by atoms with E-state index in [0.29, 0.717) is 22.6 Å². The van der Waals surface area contributed by atoms with E-state index < -0.39 is 40.9 Å². The van der Waals surface area contributed by atoms with Gasteiger partial charge in [-0.25, -0.2) is 4.39 Å². The first-order valence-electron chi connectivity index (χ1n) is 11.4. The summed E-state index contributed by atoms with van der Waals surface area (Å²) in [6, 6.07) is 1.95. The molecule has 2 heterocycles. The minimum Gasteiger partial charge on any atom is -0.374 e. The number of nitrogens with zero attached hydrogens (tertiary/aromatic N) is 1. The van der Waals surface area contributed by atoms with E-state index in [1.165, 1.54) is 13.8 Å². The molecule has 0 fully saturated rings. The lowest BCUT2D eigenvalue weighted by molar-refractivity contribution is -0.275. The predicted molar refractivity (Wildman–Crippen MR) is 131 cm³/mol. The lowest BCUT2D eigenvalue weighted by Crippen LogP contribution is -2.42. The van der Waals surface area contributed by atoms with Crippen LogP contribution in [-0.4, -0.2) is 42.5 Å². The molecule has 0 bridgehead atoms. The summed E-state index contributed by atoms with van der Waals surface area (Å²) in [4.78, 5) is 30.6. The number of oxime groups is 1. The largest absolute Gasteiger partial charge is 0.435 e. The number of rotatable bonds is 7. The Labute approximate surface area is 218 Å². The summed E-state index contributed by atoms with van der Waals surface area (Å²) in [5.41, 5.74) is -1.51. The minimum atomic E-state index is -4.89. The lowest BCUT2D eigenvalue weighted by Gasteiger charge is -2.30. The molecule has 1 aliphatic heterocycles. The number of hydrogen-bond donors (Lipinski definition) is 3. The van der Waals surface area contributed by atoms with Crippen LogP contribution in [0, 0.1) is 18.2 Å². The zero-order valence-electron chi connectivity index (χ0n) is 19.9. The Morgan fingerprint density at radius 3 is 2.57 bits per heavy atom. The van der Waals surface area contributed by atoms with Crippen LogP contribution in [0.3, 0.4) is 0 Å². The van der Waals surface area contributed by atoms with Crippen LogP contribution in [-0.2, 0) is 28.1 Å². The Balaban J connectivity index is 1.61. The van der Waals surface area contributed by atoms with Gasteiger partial charge < -0.3 is 20.9 Å². The molecule has 1 unspecified atom stereocenters. The highest BCUT2D eigenvalue weighted by Crippen LogP contribution is 2.51. The molecular weight excluding hydrogens is 536 g/mol. The summed E-state index contributed by atoms with van der Waals surface area (Å²) in [6.07, 6.45) is -3.71. The molecule has 13 heteroatoms. The Kier molecular flexibility index (Phi) is 7.35. The molecule has 0 radical (unpaired) electrons. The summed E-state index contributed by atoms with van der Waals surface area (Å²) in [5.74, 6) is -1.79. The third kappa shape index (κ3) is 5.08. The van der Waals surface area contributed by atoms with Crippen molar-refractivity contribution in [2.45, 2.75) is 51.3 Å². The average Bonchev–Trinajstić information content (AvgIpc) is 3.54. The van der Waals surface area contributed by atoms with E-state index in [1.807, 2.05) is 0 Å². The van der Waals surface area contributed by atoms with Crippen LogP contribution in [0.5, 0.6) is 0 Å². The van der Waals surface area contributed by atoms with Crippen LogP contribution in [0.15, 0.2) is 17.3 Å². The fourth-order valence-corrected chi connectivity index (χ4v) is 5.97. The molecule has 2 aromatic rings. The topological polar surface area (TPSA) is 104 Å². The number of nitrogens with one attached hydrogen (secondary N) is 3. The van der Waals surface area contributed by atoms with Gasteiger partial charge in [-0.05, 0) is 61.9 Å². The van der Waals surface area contributed by atoms with Crippen LogP contribution in [0.2, 0.25) is 5.02 Å². The van der Waals surface area contributed by atoms with Gasteiger partial charge in [0.05, 0.1) is 34.3 Å². The molecule has 1 atom stereocenters. The third-order valence-electron chi connectivity index (χ3n) is 6.26. The van der Waals surface area contributed by atoms with Gasteiger partial charge in [0.2, 0.25) is 5.91 Å². The molecule has 0 spiro atoms. The normalized spacial score (nSPS) is 18.7. The fourth-order valence-electron chi connectivity index (χ4n) is 4.41. The molecular formula is C24H23ClF4N4O3S. The first kappa shape index (κ1) is 27.1.